The Morgan fingerprint density at radius 2 is 1.73 bits per heavy atom. The summed E-state index contributed by atoms with van der Waals surface area (Å²) in [6.45, 7) is 0. The lowest BCUT2D eigenvalue weighted by Crippen LogP contribution is -2.10. The molecule has 2 heterocycles. The molecule has 0 saturated heterocycles. The number of imidazole rings is 1. The van der Waals surface area contributed by atoms with Crippen LogP contribution in [0.25, 0.3) is 11.2 Å². The number of hydrogen-bond donors (Lipinski definition) is 2. The molecule has 0 radical (unpaired) electrons. The minimum atomic E-state index is -3.27. The number of para-hydroxylation sites is 1. The molecular formula is C23H23FN6O2S. The van der Waals surface area contributed by atoms with Crippen molar-refractivity contribution in [3.63, 3.8) is 0 Å². The quantitative estimate of drug-likeness (QED) is 0.414. The third-order valence-electron chi connectivity index (χ3n) is 5.78. The molecule has 10 heteroatoms. The third-order valence-corrected chi connectivity index (χ3v) is 6.91. The normalized spacial score (nSPS) is 14.6. The van der Waals surface area contributed by atoms with Crippen LogP contribution >= 0.6 is 0 Å². The fraction of sp³-hybridized carbons (Fsp3) is 0.261. The number of anilines is 4. The Morgan fingerprint density at radius 1 is 1.00 bits per heavy atom. The molecule has 0 atom stereocenters. The lowest BCUT2D eigenvalue weighted by atomic mass is 10.2. The molecule has 0 spiro atoms. The summed E-state index contributed by atoms with van der Waals surface area (Å²) >= 11 is 0. The van der Waals surface area contributed by atoms with Crippen LogP contribution < -0.4 is 10.6 Å². The van der Waals surface area contributed by atoms with Gasteiger partial charge in [-0.1, -0.05) is 25.0 Å². The second-order valence-electron chi connectivity index (χ2n) is 8.17. The molecule has 170 valence electrons. The van der Waals surface area contributed by atoms with Crippen LogP contribution in [0.3, 0.4) is 0 Å². The molecule has 2 N–H and O–H groups in total. The summed E-state index contributed by atoms with van der Waals surface area (Å²) in [5, 5.41) is 6.25. The van der Waals surface area contributed by atoms with E-state index < -0.39 is 9.84 Å². The van der Waals surface area contributed by atoms with Crippen molar-refractivity contribution in [3.05, 3.63) is 60.5 Å². The summed E-state index contributed by atoms with van der Waals surface area (Å²) in [7, 11) is -3.27. The molecule has 0 bridgehead atoms. The molecule has 5 rings (SSSR count). The first kappa shape index (κ1) is 21.3. The average molecular weight is 467 g/mol. The van der Waals surface area contributed by atoms with Crippen LogP contribution in [0, 0.1) is 5.82 Å². The maximum atomic E-state index is 14.3. The SMILES string of the molecule is CS(=O)(=O)c1ccc(Nc2ncc3nc(Nc4ccccc4F)n(C4CCCC4)c3n2)cc1. The molecule has 0 unspecified atom stereocenters. The van der Waals surface area contributed by atoms with Gasteiger partial charge in [-0.25, -0.2) is 22.8 Å². The molecule has 2 aromatic carbocycles. The summed E-state index contributed by atoms with van der Waals surface area (Å²) in [6, 6.07) is 13.1. The molecule has 1 fully saturated rings. The highest BCUT2D eigenvalue weighted by Crippen LogP contribution is 2.36. The molecule has 1 aliphatic rings. The van der Waals surface area contributed by atoms with Gasteiger partial charge in [-0.3, -0.25) is 4.57 Å². The maximum Gasteiger partial charge on any atom is 0.229 e. The lowest BCUT2D eigenvalue weighted by molar-refractivity contribution is 0.535. The first-order chi connectivity index (χ1) is 15.9. The second-order valence-corrected chi connectivity index (χ2v) is 10.2. The van der Waals surface area contributed by atoms with Gasteiger partial charge in [-0.2, -0.15) is 4.98 Å². The Labute approximate surface area is 190 Å². The zero-order valence-electron chi connectivity index (χ0n) is 18.0. The number of benzene rings is 2. The number of sulfone groups is 1. The van der Waals surface area contributed by atoms with Crippen LogP contribution in [0.2, 0.25) is 0 Å². The van der Waals surface area contributed by atoms with Gasteiger partial charge in [0.25, 0.3) is 0 Å². The van der Waals surface area contributed by atoms with Crippen molar-refractivity contribution in [2.45, 2.75) is 36.6 Å². The minimum absolute atomic E-state index is 0.209. The van der Waals surface area contributed by atoms with Crippen molar-refractivity contribution < 1.29 is 12.8 Å². The smallest absolute Gasteiger partial charge is 0.229 e. The highest BCUT2D eigenvalue weighted by atomic mass is 32.2. The highest BCUT2D eigenvalue weighted by molar-refractivity contribution is 7.90. The highest BCUT2D eigenvalue weighted by Gasteiger charge is 2.24. The Balaban J connectivity index is 1.51. The molecular weight excluding hydrogens is 443 g/mol. The summed E-state index contributed by atoms with van der Waals surface area (Å²) in [4.78, 5) is 13.9. The number of nitrogens with zero attached hydrogens (tertiary/aromatic N) is 4. The Hall–Kier alpha value is -3.53. The predicted octanol–water partition coefficient (Wildman–Crippen LogP) is 4.97. The topological polar surface area (TPSA) is 102 Å². The van der Waals surface area contributed by atoms with Crippen LogP contribution in [0.15, 0.2) is 59.6 Å². The Kier molecular flexibility index (Phi) is 5.45. The van der Waals surface area contributed by atoms with Crippen molar-refractivity contribution in [3.8, 4) is 0 Å². The Bertz CT molecular complexity index is 1410. The summed E-state index contributed by atoms with van der Waals surface area (Å²) < 4.78 is 39.7. The van der Waals surface area contributed by atoms with E-state index >= 15 is 0 Å². The van der Waals surface area contributed by atoms with E-state index in [1.54, 1.807) is 36.5 Å². The van der Waals surface area contributed by atoms with Gasteiger partial charge >= 0.3 is 0 Å². The molecule has 2 aromatic heterocycles. The van der Waals surface area contributed by atoms with Gasteiger partial charge in [0.1, 0.15) is 11.3 Å². The third kappa shape index (κ3) is 4.38. The van der Waals surface area contributed by atoms with E-state index in [1.807, 2.05) is 4.57 Å². The summed E-state index contributed by atoms with van der Waals surface area (Å²) in [6.07, 6.45) is 7.03. The minimum Gasteiger partial charge on any atom is -0.324 e. The number of aromatic nitrogens is 4. The van der Waals surface area contributed by atoms with Gasteiger partial charge in [0.2, 0.25) is 11.9 Å². The van der Waals surface area contributed by atoms with Gasteiger partial charge in [-0.15, -0.1) is 0 Å². The van der Waals surface area contributed by atoms with E-state index in [0.717, 1.165) is 25.7 Å². The van der Waals surface area contributed by atoms with Gasteiger partial charge in [0, 0.05) is 18.0 Å². The van der Waals surface area contributed by atoms with Crippen molar-refractivity contribution in [1.82, 2.24) is 19.5 Å². The maximum absolute atomic E-state index is 14.3. The molecule has 33 heavy (non-hydrogen) atoms. The number of nitrogens with one attached hydrogen (secondary N) is 2. The lowest BCUT2D eigenvalue weighted by Gasteiger charge is -2.17. The van der Waals surface area contributed by atoms with Crippen molar-refractivity contribution in [1.29, 1.82) is 0 Å². The van der Waals surface area contributed by atoms with E-state index in [4.69, 9.17) is 4.98 Å². The largest absolute Gasteiger partial charge is 0.324 e. The van der Waals surface area contributed by atoms with Crippen molar-refractivity contribution >= 4 is 44.3 Å². The number of halogens is 1. The van der Waals surface area contributed by atoms with E-state index in [-0.39, 0.29) is 16.8 Å². The van der Waals surface area contributed by atoms with Crippen molar-refractivity contribution in [2.24, 2.45) is 0 Å². The molecule has 1 saturated carbocycles. The zero-order valence-corrected chi connectivity index (χ0v) is 18.8. The first-order valence-corrected chi connectivity index (χ1v) is 12.6. The van der Waals surface area contributed by atoms with E-state index in [2.05, 4.69) is 20.6 Å². The van der Waals surface area contributed by atoms with Gasteiger partial charge < -0.3 is 10.6 Å². The van der Waals surface area contributed by atoms with Gasteiger partial charge in [-0.05, 0) is 49.2 Å². The molecule has 4 aromatic rings. The van der Waals surface area contributed by atoms with Crippen LogP contribution in [0.5, 0.6) is 0 Å². The van der Waals surface area contributed by atoms with E-state index in [0.29, 0.717) is 34.4 Å². The number of hydrogen-bond acceptors (Lipinski definition) is 7. The fourth-order valence-corrected chi connectivity index (χ4v) is 4.78. The molecule has 0 aliphatic heterocycles. The van der Waals surface area contributed by atoms with Crippen molar-refractivity contribution in [2.75, 3.05) is 16.9 Å². The molecule has 1 aliphatic carbocycles. The first-order valence-electron chi connectivity index (χ1n) is 10.7. The standard InChI is InChI=1S/C23H23FN6O2S/c1-33(31,32)17-12-10-15(11-13-17)26-22-25-14-20-21(29-22)30(16-6-2-3-7-16)23(28-20)27-19-9-5-4-8-18(19)24/h4-5,8-14,16H,2-3,6-7H2,1H3,(H,27,28)(H,25,26,29). The van der Waals surface area contributed by atoms with Gasteiger partial charge in [0.05, 0.1) is 16.8 Å². The van der Waals surface area contributed by atoms with E-state index in [1.165, 1.54) is 24.5 Å². The molecule has 8 nitrogen and oxygen atoms in total. The summed E-state index contributed by atoms with van der Waals surface area (Å²) in [5.74, 6) is 0.547. The average Bonchev–Trinajstić information content (AvgIpc) is 3.42. The molecule has 0 amide bonds. The fourth-order valence-electron chi connectivity index (χ4n) is 4.15. The van der Waals surface area contributed by atoms with Crippen LogP contribution in [0.1, 0.15) is 31.7 Å². The van der Waals surface area contributed by atoms with Gasteiger partial charge in [0.15, 0.2) is 15.5 Å². The van der Waals surface area contributed by atoms with E-state index in [9.17, 15) is 12.8 Å². The Morgan fingerprint density at radius 3 is 2.42 bits per heavy atom. The zero-order chi connectivity index (χ0) is 23.0. The van der Waals surface area contributed by atoms with Crippen LogP contribution in [-0.4, -0.2) is 34.2 Å². The predicted molar refractivity (Wildman–Crippen MR) is 125 cm³/mol. The second kappa shape index (κ2) is 8.43. The van der Waals surface area contributed by atoms with Crippen LogP contribution in [0.4, 0.5) is 27.7 Å². The number of rotatable bonds is 6. The number of fused-ring (bicyclic) bond motifs is 1. The monoisotopic (exact) mass is 466 g/mol. The summed E-state index contributed by atoms with van der Waals surface area (Å²) in [5.41, 5.74) is 2.28. The van der Waals surface area contributed by atoms with Crippen LogP contribution in [-0.2, 0) is 9.84 Å².